The van der Waals surface area contributed by atoms with Crippen molar-refractivity contribution in [1.82, 2.24) is 19.6 Å². The van der Waals surface area contributed by atoms with Crippen molar-refractivity contribution < 1.29 is 9.59 Å². The summed E-state index contributed by atoms with van der Waals surface area (Å²) in [5.41, 5.74) is 2.59. The molecular weight excluding hydrogens is 332 g/mol. The van der Waals surface area contributed by atoms with Gasteiger partial charge in [-0.25, -0.2) is 0 Å². The van der Waals surface area contributed by atoms with Gasteiger partial charge < -0.3 is 10.6 Å². The molecule has 2 aromatic heterocycles. The Morgan fingerprint density at radius 1 is 1.15 bits per heavy atom. The quantitative estimate of drug-likeness (QED) is 0.711. The van der Waals surface area contributed by atoms with E-state index in [0.717, 1.165) is 5.56 Å². The lowest BCUT2D eigenvalue weighted by Crippen LogP contribution is -2.16. The molecule has 2 amide bonds. The molecule has 0 saturated heterocycles. The Morgan fingerprint density at radius 2 is 1.92 bits per heavy atom. The van der Waals surface area contributed by atoms with Gasteiger partial charge in [0, 0.05) is 43.8 Å². The zero-order chi connectivity index (χ0) is 18.5. The molecule has 3 aromatic rings. The number of aryl methyl sites for hydroxylation is 3. The molecule has 0 aliphatic heterocycles. The summed E-state index contributed by atoms with van der Waals surface area (Å²) < 4.78 is 3.30. The van der Waals surface area contributed by atoms with Crippen LogP contribution >= 0.6 is 0 Å². The van der Waals surface area contributed by atoms with E-state index >= 15 is 0 Å². The van der Waals surface area contributed by atoms with Crippen LogP contribution in [0.4, 0.5) is 11.4 Å². The summed E-state index contributed by atoms with van der Waals surface area (Å²) >= 11 is 0. The van der Waals surface area contributed by atoms with Gasteiger partial charge in [0.1, 0.15) is 0 Å². The van der Waals surface area contributed by atoms with Gasteiger partial charge in [0.05, 0.1) is 6.20 Å². The first-order chi connectivity index (χ1) is 12.5. The molecule has 0 fully saturated rings. The fourth-order valence-electron chi connectivity index (χ4n) is 2.43. The number of hydrogen-bond acceptors (Lipinski definition) is 4. The van der Waals surface area contributed by atoms with Gasteiger partial charge in [-0.05, 0) is 36.8 Å². The second-order valence-electron chi connectivity index (χ2n) is 5.99. The molecule has 26 heavy (non-hydrogen) atoms. The van der Waals surface area contributed by atoms with Crippen molar-refractivity contribution in [3.8, 4) is 0 Å². The smallest absolute Gasteiger partial charge is 0.276 e. The van der Waals surface area contributed by atoms with Gasteiger partial charge in [-0.15, -0.1) is 0 Å². The number of rotatable bonds is 6. The number of carbonyl (C=O) groups excluding carboxylic acids is 2. The minimum Gasteiger partial charge on any atom is -0.326 e. The normalized spacial score (nSPS) is 10.5. The third kappa shape index (κ3) is 4.56. The van der Waals surface area contributed by atoms with Gasteiger partial charge in [0.2, 0.25) is 5.91 Å². The lowest BCUT2D eigenvalue weighted by molar-refractivity contribution is -0.116. The third-order valence-corrected chi connectivity index (χ3v) is 3.68. The number of amides is 2. The highest BCUT2D eigenvalue weighted by Crippen LogP contribution is 2.16. The Kier molecular flexibility index (Phi) is 5.12. The fraction of sp³-hybridized carbons (Fsp3) is 0.222. The molecule has 2 heterocycles. The summed E-state index contributed by atoms with van der Waals surface area (Å²) in [6.07, 6.45) is 5.66. The van der Waals surface area contributed by atoms with Crippen LogP contribution in [-0.2, 0) is 18.4 Å². The topological polar surface area (TPSA) is 93.8 Å². The van der Waals surface area contributed by atoms with Crippen molar-refractivity contribution >= 4 is 23.2 Å². The molecule has 0 aliphatic rings. The molecule has 2 N–H and O–H groups in total. The number of benzene rings is 1. The van der Waals surface area contributed by atoms with Gasteiger partial charge in [0.25, 0.3) is 5.91 Å². The Balaban J connectivity index is 1.56. The van der Waals surface area contributed by atoms with Crippen LogP contribution in [0.1, 0.15) is 22.5 Å². The molecule has 0 spiro atoms. The predicted molar refractivity (Wildman–Crippen MR) is 97.8 cm³/mol. The molecule has 1 aromatic carbocycles. The number of hydrogen-bond donors (Lipinski definition) is 2. The first kappa shape index (κ1) is 17.4. The minimum absolute atomic E-state index is 0.119. The highest BCUT2D eigenvalue weighted by Gasteiger charge is 2.10. The van der Waals surface area contributed by atoms with Gasteiger partial charge in [-0.3, -0.25) is 19.0 Å². The van der Waals surface area contributed by atoms with Crippen LogP contribution in [0.5, 0.6) is 0 Å². The molecule has 0 aliphatic carbocycles. The van der Waals surface area contributed by atoms with Crippen LogP contribution < -0.4 is 10.6 Å². The molecular formula is C18H20N6O2. The number of nitrogens with one attached hydrogen (secondary N) is 2. The Hall–Kier alpha value is -3.42. The summed E-state index contributed by atoms with van der Waals surface area (Å²) in [6.45, 7) is 2.46. The number of aromatic nitrogens is 4. The number of carbonyl (C=O) groups is 2. The molecule has 0 unspecified atom stereocenters. The van der Waals surface area contributed by atoms with Gasteiger partial charge >= 0.3 is 0 Å². The van der Waals surface area contributed by atoms with E-state index in [-0.39, 0.29) is 11.8 Å². The van der Waals surface area contributed by atoms with Crippen LogP contribution in [0.2, 0.25) is 0 Å². The maximum atomic E-state index is 12.1. The van der Waals surface area contributed by atoms with Gasteiger partial charge in [-0.2, -0.15) is 10.2 Å². The summed E-state index contributed by atoms with van der Waals surface area (Å²) in [5, 5.41) is 13.8. The predicted octanol–water partition coefficient (Wildman–Crippen LogP) is 2.21. The molecule has 8 heteroatoms. The van der Waals surface area contributed by atoms with Crippen molar-refractivity contribution in [2.75, 3.05) is 10.6 Å². The molecule has 0 bridgehead atoms. The van der Waals surface area contributed by atoms with E-state index in [2.05, 4.69) is 20.8 Å². The Morgan fingerprint density at radius 3 is 2.58 bits per heavy atom. The molecule has 134 valence electrons. The van der Waals surface area contributed by atoms with Crippen molar-refractivity contribution in [1.29, 1.82) is 0 Å². The van der Waals surface area contributed by atoms with E-state index in [9.17, 15) is 9.59 Å². The first-order valence-electron chi connectivity index (χ1n) is 8.19. The maximum Gasteiger partial charge on any atom is 0.276 e. The van der Waals surface area contributed by atoms with Gasteiger partial charge in [0.15, 0.2) is 5.69 Å². The molecule has 0 atom stereocenters. The average Bonchev–Trinajstić information content (AvgIpc) is 3.22. The lowest BCUT2D eigenvalue weighted by Gasteiger charge is -2.08. The molecule has 8 nitrogen and oxygen atoms in total. The van der Waals surface area contributed by atoms with Crippen LogP contribution in [0.25, 0.3) is 0 Å². The monoisotopic (exact) mass is 352 g/mol. The van der Waals surface area contributed by atoms with E-state index in [4.69, 9.17) is 0 Å². The molecule has 0 radical (unpaired) electrons. The number of anilines is 2. The fourth-order valence-corrected chi connectivity index (χ4v) is 2.43. The van der Waals surface area contributed by atoms with Crippen LogP contribution in [0.15, 0.2) is 48.9 Å². The van der Waals surface area contributed by atoms with E-state index in [1.807, 2.05) is 13.1 Å². The van der Waals surface area contributed by atoms with Crippen molar-refractivity contribution in [2.24, 2.45) is 7.05 Å². The largest absolute Gasteiger partial charge is 0.326 e. The van der Waals surface area contributed by atoms with Crippen LogP contribution in [0.3, 0.4) is 0 Å². The standard InChI is InChI=1S/C18H20N6O2/c1-13-11-19-24(12-13)9-7-17(25)20-14-4-3-5-15(10-14)21-18(26)16-6-8-23(2)22-16/h3-6,8,10-12H,7,9H2,1-2H3,(H,20,25)(H,21,26). The second kappa shape index (κ2) is 7.64. The summed E-state index contributed by atoms with van der Waals surface area (Å²) in [5.74, 6) is -0.422. The Labute approximate surface area is 150 Å². The average molecular weight is 352 g/mol. The summed E-state index contributed by atoms with van der Waals surface area (Å²) in [4.78, 5) is 24.2. The SMILES string of the molecule is Cc1cnn(CCC(=O)Nc2cccc(NC(=O)c3ccn(C)n3)c2)c1. The Bertz CT molecular complexity index is 927. The zero-order valence-electron chi connectivity index (χ0n) is 14.6. The van der Waals surface area contributed by atoms with Crippen molar-refractivity contribution in [2.45, 2.75) is 19.9 Å². The van der Waals surface area contributed by atoms with Gasteiger partial charge in [-0.1, -0.05) is 6.07 Å². The number of nitrogens with zero attached hydrogens (tertiary/aromatic N) is 4. The highest BCUT2D eigenvalue weighted by molar-refractivity contribution is 6.03. The van der Waals surface area contributed by atoms with Crippen LogP contribution in [0, 0.1) is 6.92 Å². The maximum absolute atomic E-state index is 12.1. The van der Waals surface area contributed by atoms with E-state index in [1.165, 1.54) is 0 Å². The molecule has 3 rings (SSSR count). The van der Waals surface area contributed by atoms with E-state index in [1.54, 1.807) is 59.1 Å². The third-order valence-electron chi connectivity index (χ3n) is 3.68. The lowest BCUT2D eigenvalue weighted by atomic mass is 10.2. The first-order valence-corrected chi connectivity index (χ1v) is 8.19. The zero-order valence-corrected chi connectivity index (χ0v) is 14.6. The van der Waals surface area contributed by atoms with Crippen molar-refractivity contribution in [3.63, 3.8) is 0 Å². The van der Waals surface area contributed by atoms with Crippen molar-refractivity contribution in [3.05, 3.63) is 60.2 Å². The second-order valence-corrected chi connectivity index (χ2v) is 5.99. The minimum atomic E-state index is -0.303. The van der Waals surface area contributed by atoms with E-state index in [0.29, 0.717) is 30.0 Å². The highest BCUT2D eigenvalue weighted by atomic mass is 16.2. The summed E-state index contributed by atoms with van der Waals surface area (Å²) in [6, 6.07) is 8.63. The van der Waals surface area contributed by atoms with E-state index < -0.39 is 0 Å². The molecule has 0 saturated carbocycles. The van der Waals surface area contributed by atoms with Crippen LogP contribution in [-0.4, -0.2) is 31.4 Å². The summed E-state index contributed by atoms with van der Waals surface area (Å²) in [7, 11) is 1.75.